The van der Waals surface area contributed by atoms with E-state index in [0.29, 0.717) is 28.7 Å². The van der Waals surface area contributed by atoms with Crippen molar-refractivity contribution in [3.63, 3.8) is 0 Å². The standard InChI is InChI=1S/C8H7F2IN2O4S/c1-12-6-3-2-5(4-7(6)13(14)15)18(16,17)8(9,10)11/h2-4,12H,1H3. The number of hydrogen-bond acceptors (Lipinski definition) is 5. The van der Waals surface area contributed by atoms with E-state index in [1.165, 1.54) is 7.05 Å². The van der Waals surface area contributed by atoms with Gasteiger partial charge in [-0.15, -0.1) is 0 Å². The van der Waals surface area contributed by atoms with E-state index in [0.717, 1.165) is 12.1 Å². The van der Waals surface area contributed by atoms with Gasteiger partial charge >= 0.3 is 3.26 Å². The minimum absolute atomic E-state index is 0.0377. The molecule has 0 heterocycles. The van der Waals surface area contributed by atoms with Crippen LogP contribution in [-0.2, 0) is 9.84 Å². The van der Waals surface area contributed by atoms with Crippen molar-refractivity contribution in [3.05, 3.63) is 28.3 Å². The normalized spacial score (nSPS) is 12.2. The maximum absolute atomic E-state index is 12.9. The zero-order valence-corrected chi connectivity index (χ0v) is 11.8. The van der Waals surface area contributed by atoms with Crippen molar-refractivity contribution in [2.75, 3.05) is 12.4 Å². The van der Waals surface area contributed by atoms with Crippen LogP contribution in [0.3, 0.4) is 0 Å². The SMILES string of the molecule is CNc1ccc(S(=O)(=O)C(F)(F)I)cc1[N+](=O)[O-]. The molecule has 0 amide bonds. The van der Waals surface area contributed by atoms with Crippen LogP contribution in [0.2, 0.25) is 0 Å². The lowest BCUT2D eigenvalue weighted by Crippen LogP contribution is -2.21. The lowest BCUT2D eigenvalue weighted by molar-refractivity contribution is -0.384. The number of rotatable bonds is 4. The van der Waals surface area contributed by atoms with Gasteiger partial charge in [-0.1, -0.05) is 0 Å². The Hall–Kier alpha value is -1.04. The number of nitro groups is 1. The number of alkyl halides is 3. The van der Waals surface area contributed by atoms with E-state index in [9.17, 15) is 27.3 Å². The molecule has 0 atom stereocenters. The van der Waals surface area contributed by atoms with E-state index >= 15 is 0 Å². The van der Waals surface area contributed by atoms with Crippen molar-refractivity contribution in [2.24, 2.45) is 0 Å². The van der Waals surface area contributed by atoms with Crippen LogP contribution in [0.4, 0.5) is 20.2 Å². The molecule has 100 valence electrons. The monoisotopic (exact) mass is 392 g/mol. The highest BCUT2D eigenvalue weighted by molar-refractivity contribution is 14.1. The van der Waals surface area contributed by atoms with E-state index in [4.69, 9.17) is 0 Å². The van der Waals surface area contributed by atoms with Crippen LogP contribution >= 0.6 is 22.6 Å². The number of hydrogen-bond donors (Lipinski definition) is 1. The molecular weight excluding hydrogens is 385 g/mol. The average molecular weight is 392 g/mol. The highest BCUT2D eigenvalue weighted by atomic mass is 127. The second kappa shape index (κ2) is 4.91. The number of halogens is 3. The molecule has 0 aromatic heterocycles. The van der Waals surface area contributed by atoms with E-state index in [2.05, 4.69) is 5.32 Å². The van der Waals surface area contributed by atoms with Gasteiger partial charge in [-0.05, 0) is 12.1 Å². The van der Waals surface area contributed by atoms with Crippen molar-refractivity contribution in [1.82, 2.24) is 0 Å². The Labute approximate surface area is 115 Å². The summed E-state index contributed by atoms with van der Waals surface area (Å²) in [5.41, 5.74) is -0.546. The molecule has 1 aromatic rings. The zero-order chi connectivity index (χ0) is 14.1. The van der Waals surface area contributed by atoms with Crippen molar-refractivity contribution in [2.45, 2.75) is 8.16 Å². The fourth-order valence-electron chi connectivity index (χ4n) is 1.17. The molecule has 0 radical (unpaired) electrons. The van der Waals surface area contributed by atoms with E-state index in [1.807, 2.05) is 0 Å². The summed E-state index contributed by atoms with van der Waals surface area (Å²) < 4.78 is 44.7. The number of nitrogens with one attached hydrogen (secondary N) is 1. The number of benzene rings is 1. The number of nitrogens with zero attached hydrogens (tertiary/aromatic N) is 1. The molecule has 1 rings (SSSR count). The lowest BCUT2D eigenvalue weighted by Gasteiger charge is -2.10. The van der Waals surface area contributed by atoms with Gasteiger partial charge in [-0.3, -0.25) is 10.1 Å². The molecule has 0 bridgehead atoms. The van der Waals surface area contributed by atoms with E-state index in [-0.39, 0.29) is 5.69 Å². The lowest BCUT2D eigenvalue weighted by atomic mass is 10.3. The van der Waals surface area contributed by atoms with Gasteiger partial charge < -0.3 is 5.32 Å². The van der Waals surface area contributed by atoms with Gasteiger partial charge in [0, 0.05) is 35.7 Å². The Kier molecular flexibility index (Phi) is 4.10. The van der Waals surface area contributed by atoms with Crippen molar-refractivity contribution >= 4 is 43.8 Å². The zero-order valence-electron chi connectivity index (χ0n) is 8.85. The maximum atomic E-state index is 12.9. The predicted molar refractivity (Wildman–Crippen MR) is 68.8 cm³/mol. The molecule has 0 aliphatic carbocycles. The van der Waals surface area contributed by atoms with Gasteiger partial charge in [0.15, 0.2) is 0 Å². The molecule has 0 saturated carbocycles. The summed E-state index contributed by atoms with van der Waals surface area (Å²) in [7, 11) is -3.54. The first-order chi connectivity index (χ1) is 8.11. The van der Waals surface area contributed by atoms with Gasteiger partial charge in [0.1, 0.15) is 5.69 Å². The van der Waals surface area contributed by atoms with Crippen LogP contribution in [0, 0.1) is 10.1 Å². The molecule has 6 nitrogen and oxygen atoms in total. The van der Waals surface area contributed by atoms with Crippen LogP contribution in [0.5, 0.6) is 0 Å². The third kappa shape index (κ3) is 2.68. The van der Waals surface area contributed by atoms with Gasteiger partial charge in [0.05, 0.1) is 9.82 Å². The summed E-state index contributed by atoms with van der Waals surface area (Å²) in [6.45, 7) is 0. The van der Waals surface area contributed by atoms with Crippen LogP contribution < -0.4 is 5.32 Å². The fraction of sp³-hybridized carbons (Fsp3) is 0.250. The van der Waals surface area contributed by atoms with E-state index < -0.39 is 28.6 Å². The molecule has 0 saturated heterocycles. The summed E-state index contributed by atoms with van der Waals surface area (Å²) in [5.74, 6) is 0. The molecule has 0 aliphatic rings. The van der Waals surface area contributed by atoms with E-state index in [1.54, 1.807) is 0 Å². The van der Waals surface area contributed by atoms with Gasteiger partial charge in [0.25, 0.3) is 15.5 Å². The third-order valence-electron chi connectivity index (χ3n) is 2.05. The van der Waals surface area contributed by atoms with Crippen LogP contribution in [0.1, 0.15) is 0 Å². The quantitative estimate of drug-likeness (QED) is 0.368. The Morgan fingerprint density at radius 1 is 1.44 bits per heavy atom. The summed E-state index contributed by atoms with van der Waals surface area (Å²) >= 11 is 0.463. The average Bonchev–Trinajstić information content (AvgIpc) is 2.26. The number of anilines is 1. The first kappa shape index (κ1) is 15.0. The summed E-state index contributed by atoms with van der Waals surface area (Å²) in [4.78, 5) is 9.04. The van der Waals surface area contributed by atoms with Crippen LogP contribution in [0.15, 0.2) is 23.1 Å². The molecule has 1 N–H and O–H groups in total. The van der Waals surface area contributed by atoms with Gasteiger partial charge in [-0.25, -0.2) is 8.42 Å². The number of sulfone groups is 1. The molecule has 10 heteroatoms. The topological polar surface area (TPSA) is 89.3 Å². The van der Waals surface area contributed by atoms with Gasteiger partial charge in [0.2, 0.25) is 0 Å². The Morgan fingerprint density at radius 2 is 2.00 bits per heavy atom. The van der Waals surface area contributed by atoms with Crippen molar-refractivity contribution < 1.29 is 22.1 Å². The second-order valence-electron chi connectivity index (χ2n) is 3.14. The molecule has 0 fully saturated rings. The summed E-state index contributed by atoms with van der Waals surface area (Å²) in [5, 5.41) is 13.2. The fourth-order valence-corrected chi connectivity index (χ4v) is 2.72. The minimum Gasteiger partial charge on any atom is -0.383 e. The predicted octanol–water partition coefficient (Wildman–Crippen LogP) is 2.40. The highest BCUT2D eigenvalue weighted by Gasteiger charge is 2.43. The molecule has 0 aliphatic heterocycles. The van der Waals surface area contributed by atoms with Crippen LogP contribution in [0.25, 0.3) is 0 Å². The third-order valence-corrected chi connectivity index (χ3v) is 5.27. The molecule has 0 spiro atoms. The Balaban J connectivity index is 3.48. The van der Waals surface area contributed by atoms with Crippen molar-refractivity contribution in [1.29, 1.82) is 0 Å². The minimum atomic E-state index is -4.94. The molecule has 18 heavy (non-hydrogen) atoms. The highest BCUT2D eigenvalue weighted by Crippen LogP contribution is 2.37. The first-order valence-corrected chi connectivity index (χ1v) is 6.95. The first-order valence-electron chi connectivity index (χ1n) is 4.39. The smallest absolute Gasteiger partial charge is 0.383 e. The maximum Gasteiger partial charge on any atom is 0.398 e. The van der Waals surface area contributed by atoms with Gasteiger partial charge in [-0.2, -0.15) is 8.78 Å². The molecule has 0 unspecified atom stereocenters. The van der Waals surface area contributed by atoms with Crippen molar-refractivity contribution in [3.8, 4) is 0 Å². The summed E-state index contributed by atoms with van der Waals surface area (Å²) in [6, 6.07) is 2.56. The Morgan fingerprint density at radius 3 is 2.39 bits per heavy atom. The second-order valence-corrected chi connectivity index (χ2v) is 7.21. The van der Waals surface area contributed by atoms with Crippen LogP contribution in [-0.4, -0.2) is 23.7 Å². The molecular formula is C8H7F2IN2O4S. The number of nitro benzene ring substituents is 1. The molecule has 1 aromatic carbocycles. The largest absolute Gasteiger partial charge is 0.398 e. The summed E-state index contributed by atoms with van der Waals surface area (Å²) in [6.07, 6.45) is 0. The Bertz CT molecular complexity index is 585.